The van der Waals surface area contributed by atoms with Crippen LogP contribution in [-0.2, 0) is 23.0 Å². The van der Waals surface area contributed by atoms with Gasteiger partial charge in [-0.3, -0.25) is 4.90 Å². The number of nitrogens with zero attached hydrogens (tertiary/aromatic N) is 1. The summed E-state index contributed by atoms with van der Waals surface area (Å²) in [5.74, 6) is 6.98. The van der Waals surface area contributed by atoms with Crippen molar-refractivity contribution in [2.45, 2.75) is 56.5 Å². The van der Waals surface area contributed by atoms with E-state index in [0.717, 1.165) is 58.5 Å². The van der Waals surface area contributed by atoms with Crippen LogP contribution in [0.15, 0.2) is 48.5 Å². The molecule has 5 rings (SSSR count). The van der Waals surface area contributed by atoms with Crippen molar-refractivity contribution in [3.05, 3.63) is 65.2 Å². The number of hydrogen-bond donors (Lipinski definition) is 2. The molecule has 3 atom stereocenters. The summed E-state index contributed by atoms with van der Waals surface area (Å²) < 4.78 is 11.0. The van der Waals surface area contributed by atoms with Crippen molar-refractivity contribution >= 4 is 6.09 Å². The number of hydrogen-bond acceptors (Lipinski definition) is 5. The molecule has 2 aromatic rings. The van der Waals surface area contributed by atoms with Gasteiger partial charge in [-0.05, 0) is 80.2 Å². The summed E-state index contributed by atoms with van der Waals surface area (Å²) in [5, 5.41) is 14.1. The number of aliphatic hydroxyl groups is 1. The Hall–Kier alpha value is -2.85. The quantitative estimate of drug-likeness (QED) is 0.583. The minimum absolute atomic E-state index is 0.0600. The van der Waals surface area contributed by atoms with Gasteiger partial charge in [0.1, 0.15) is 11.4 Å². The van der Waals surface area contributed by atoms with Crippen LogP contribution in [0.4, 0.5) is 4.79 Å². The lowest BCUT2D eigenvalue weighted by Gasteiger charge is -2.52. The van der Waals surface area contributed by atoms with E-state index in [1.165, 1.54) is 16.7 Å². The lowest BCUT2D eigenvalue weighted by atomic mass is 9.52. The number of carbonyl (C=O) groups is 1. The zero-order valence-corrected chi connectivity index (χ0v) is 21.8. The van der Waals surface area contributed by atoms with Crippen LogP contribution < -0.4 is 10.1 Å². The summed E-state index contributed by atoms with van der Waals surface area (Å²) in [5.41, 5.74) is 2.93. The molecule has 3 aliphatic rings. The second-order valence-electron chi connectivity index (χ2n) is 10.8. The molecule has 0 spiro atoms. The molecule has 2 N–H and O–H groups in total. The number of carbonyl (C=O) groups excluding carboxylic acids is 1. The average molecular weight is 503 g/mol. The van der Waals surface area contributed by atoms with Gasteiger partial charge in [0.25, 0.3) is 0 Å². The van der Waals surface area contributed by atoms with Crippen molar-refractivity contribution in [1.82, 2.24) is 10.2 Å². The molecular formula is C31H38N2O4. The molecule has 0 aromatic heterocycles. The highest BCUT2D eigenvalue weighted by molar-refractivity contribution is 5.70. The van der Waals surface area contributed by atoms with Crippen LogP contribution in [-0.4, -0.2) is 61.1 Å². The number of nitrogens with one attached hydrogen (secondary N) is 1. The first kappa shape index (κ1) is 25.8. The van der Waals surface area contributed by atoms with Gasteiger partial charge in [-0.1, -0.05) is 42.3 Å². The minimum Gasteiger partial charge on any atom is -0.410 e. The Bertz CT molecular complexity index is 1150. The van der Waals surface area contributed by atoms with Crippen molar-refractivity contribution in [3.8, 4) is 17.6 Å². The van der Waals surface area contributed by atoms with Gasteiger partial charge in [0.2, 0.25) is 0 Å². The van der Waals surface area contributed by atoms with E-state index in [-0.39, 0.29) is 5.41 Å². The average Bonchev–Trinajstić information content (AvgIpc) is 2.90. The lowest BCUT2D eigenvalue weighted by Crippen LogP contribution is -2.50. The number of ether oxygens (including phenoxy) is 2. The van der Waals surface area contributed by atoms with Gasteiger partial charge in [-0.25, -0.2) is 4.79 Å². The molecular weight excluding hydrogens is 464 g/mol. The normalized spacial score (nSPS) is 27.2. The Morgan fingerprint density at radius 1 is 1.19 bits per heavy atom. The van der Waals surface area contributed by atoms with Crippen LogP contribution in [0, 0.1) is 17.8 Å². The second kappa shape index (κ2) is 11.3. The molecule has 1 heterocycles. The zero-order valence-electron chi connectivity index (χ0n) is 21.8. The smallest absolute Gasteiger partial charge is 0.410 e. The Labute approximate surface area is 220 Å². The molecule has 1 amide bonds. The molecule has 0 radical (unpaired) electrons. The van der Waals surface area contributed by atoms with E-state index in [1.54, 1.807) is 6.92 Å². The Morgan fingerprint density at radius 2 is 2.00 bits per heavy atom. The van der Waals surface area contributed by atoms with Crippen molar-refractivity contribution in [2.75, 3.05) is 39.4 Å². The molecule has 1 aliphatic heterocycles. The first-order valence-corrected chi connectivity index (χ1v) is 13.6. The summed E-state index contributed by atoms with van der Waals surface area (Å²) in [7, 11) is 0. The molecule has 6 heteroatoms. The topological polar surface area (TPSA) is 71.0 Å². The van der Waals surface area contributed by atoms with Crippen LogP contribution in [0.1, 0.15) is 49.3 Å². The fourth-order valence-corrected chi connectivity index (χ4v) is 6.65. The summed E-state index contributed by atoms with van der Waals surface area (Å²) in [6.07, 6.45) is 4.66. The summed E-state index contributed by atoms with van der Waals surface area (Å²) in [4.78, 5) is 14.8. The van der Waals surface area contributed by atoms with E-state index in [1.807, 2.05) is 12.1 Å². The van der Waals surface area contributed by atoms with Gasteiger partial charge in [0.05, 0.1) is 13.2 Å². The Kier molecular flexibility index (Phi) is 7.85. The zero-order chi connectivity index (χ0) is 25.7. The largest absolute Gasteiger partial charge is 0.412 e. The van der Waals surface area contributed by atoms with Crippen LogP contribution in [0.5, 0.6) is 5.75 Å². The predicted octanol–water partition coefficient (Wildman–Crippen LogP) is 4.09. The van der Waals surface area contributed by atoms with Gasteiger partial charge < -0.3 is 19.9 Å². The highest BCUT2D eigenvalue weighted by Gasteiger charge is 2.51. The van der Waals surface area contributed by atoms with Crippen LogP contribution in [0.2, 0.25) is 0 Å². The van der Waals surface area contributed by atoms with Crippen LogP contribution in [0.3, 0.4) is 0 Å². The highest BCUT2D eigenvalue weighted by atomic mass is 16.6. The van der Waals surface area contributed by atoms with Gasteiger partial charge >= 0.3 is 6.09 Å². The number of morpholine rings is 1. The number of amides is 1. The van der Waals surface area contributed by atoms with Crippen molar-refractivity contribution < 1.29 is 19.4 Å². The summed E-state index contributed by atoms with van der Waals surface area (Å²) in [6.45, 7) is 6.44. The van der Waals surface area contributed by atoms with Crippen LogP contribution in [0.25, 0.3) is 0 Å². The van der Waals surface area contributed by atoms with E-state index >= 15 is 0 Å². The summed E-state index contributed by atoms with van der Waals surface area (Å²) >= 11 is 0. The molecule has 37 heavy (non-hydrogen) atoms. The minimum atomic E-state index is -0.903. The molecule has 0 bridgehead atoms. The summed E-state index contributed by atoms with van der Waals surface area (Å²) in [6, 6.07) is 16.8. The van der Waals surface area contributed by atoms with Gasteiger partial charge in [-0.15, -0.1) is 5.92 Å². The van der Waals surface area contributed by atoms with E-state index in [4.69, 9.17) is 9.47 Å². The first-order chi connectivity index (χ1) is 18.0. The molecule has 0 unspecified atom stereocenters. The molecule has 2 aliphatic carbocycles. The lowest BCUT2D eigenvalue weighted by molar-refractivity contribution is -0.00804. The maximum atomic E-state index is 12.5. The molecule has 196 valence electrons. The monoisotopic (exact) mass is 502 g/mol. The number of fused-ring (bicyclic) bond motifs is 3. The second-order valence-corrected chi connectivity index (χ2v) is 10.8. The third-order valence-corrected chi connectivity index (χ3v) is 8.46. The van der Waals surface area contributed by atoms with E-state index in [2.05, 4.69) is 58.5 Å². The fourth-order valence-electron chi connectivity index (χ4n) is 6.65. The third-order valence-electron chi connectivity index (χ3n) is 8.46. The Balaban J connectivity index is 1.32. The molecule has 1 saturated heterocycles. The maximum absolute atomic E-state index is 12.5. The van der Waals surface area contributed by atoms with Gasteiger partial charge in [-0.2, -0.15) is 0 Å². The molecule has 6 nitrogen and oxygen atoms in total. The third kappa shape index (κ3) is 5.85. The maximum Gasteiger partial charge on any atom is 0.412 e. The highest BCUT2D eigenvalue weighted by Crippen LogP contribution is 2.54. The van der Waals surface area contributed by atoms with Crippen molar-refractivity contribution in [1.29, 1.82) is 0 Å². The molecule has 1 saturated carbocycles. The van der Waals surface area contributed by atoms with E-state index in [0.29, 0.717) is 31.1 Å². The molecule has 2 aromatic carbocycles. The van der Waals surface area contributed by atoms with E-state index < -0.39 is 11.7 Å². The van der Waals surface area contributed by atoms with Crippen molar-refractivity contribution in [3.63, 3.8) is 0 Å². The fraction of sp³-hybridized carbons (Fsp3) is 0.516. The number of benzene rings is 2. The van der Waals surface area contributed by atoms with Crippen LogP contribution >= 0.6 is 0 Å². The molecule has 2 fully saturated rings. The predicted molar refractivity (Wildman–Crippen MR) is 144 cm³/mol. The first-order valence-electron chi connectivity index (χ1n) is 13.6. The van der Waals surface area contributed by atoms with E-state index in [9.17, 15) is 9.90 Å². The van der Waals surface area contributed by atoms with Gasteiger partial charge in [0, 0.05) is 31.6 Å². The standard InChI is InChI=1S/C31H38N2O4/c1-2-12-30(35)13-14-31(22-24-6-4-3-5-7-24)26(23-30)9-8-25-21-27(10-11-28(25)31)37-29(34)32-15-16-33-17-19-36-20-18-33/h3-7,10-11,21,26,35H,8-9,13-20,22-23H2,1H3,(H,32,34)/t26-,30+,31+/m0/s1. The SMILES string of the molecule is CC#C[C@@]1(O)CC[C@]2(Cc3ccccc3)c3ccc(OC(=O)NCCN4CCOCC4)cc3CC[C@H]2C1. The van der Waals surface area contributed by atoms with Crippen molar-refractivity contribution in [2.24, 2.45) is 5.92 Å². The number of aryl methyl sites for hydroxylation is 1. The Morgan fingerprint density at radius 3 is 2.78 bits per heavy atom. The number of rotatable bonds is 6. The van der Waals surface area contributed by atoms with Gasteiger partial charge in [0.15, 0.2) is 0 Å².